The normalized spacial score (nSPS) is 30.3. The first-order valence-corrected chi connectivity index (χ1v) is 7.22. The van der Waals surface area contributed by atoms with Crippen LogP contribution < -0.4 is 16.1 Å². The molecule has 1 aromatic carbocycles. The first-order chi connectivity index (χ1) is 11.0. The summed E-state index contributed by atoms with van der Waals surface area (Å²) in [5.74, 6) is -0.652. The zero-order valence-corrected chi connectivity index (χ0v) is 12.3. The van der Waals surface area contributed by atoms with Crippen LogP contribution in [-0.4, -0.2) is 59.5 Å². The van der Waals surface area contributed by atoms with Crippen molar-refractivity contribution >= 4 is 17.6 Å². The summed E-state index contributed by atoms with van der Waals surface area (Å²) in [6.07, 6.45) is -0.759. The number of benzene rings is 1. The Morgan fingerprint density at radius 3 is 2.74 bits per heavy atom. The van der Waals surface area contributed by atoms with Crippen molar-refractivity contribution in [3.8, 4) is 0 Å². The van der Waals surface area contributed by atoms with E-state index >= 15 is 0 Å². The molecule has 8 nitrogen and oxygen atoms in total. The van der Waals surface area contributed by atoms with E-state index in [1.165, 1.54) is 17.0 Å². The van der Waals surface area contributed by atoms with Crippen LogP contribution in [0.2, 0.25) is 0 Å². The van der Waals surface area contributed by atoms with E-state index in [-0.39, 0.29) is 18.0 Å². The van der Waals surface area contributed by atoms with Crippen LogP contribution in [0.15, 0.2) is 29.4 Å². The first-order valence-electron chi connectivity index (χ1n) is 7.22. The fourth-order valence-electron chi connectivity index (χ4n) is 3.15. The van der Waals surface area contributed by atoms with Gasteiger partial charge in [-0.2, -0.15) is 5.10 Å². The maximum absolute atomic E-state index is 13.1. The van der Waals surface area contributed by atoms with Crippen molar-refractivity contribution in [1.29, 1.82) is 0 Å². The van der Waals surface area contributed by atoms with E-state index < -0.39 is 18.2 Å². The number of rotatable bonds is 1. The van der Waals surface area contributed by atoms with Gasteiger partial charge in [0, 0.05) is 13.6 Å². The number of halogens is 1. The van der Waals surface area contributed by atoms with Crippen LogP contribution in [0.4, 0.5) is 9.18 Å². The highest BCUT2D eigenvalue weighted by molar-refractivity contribution is 6.04. The van der Waals surface area contributed by atoms with Gasteiger partial charge in [-0.1, -0.05) is 12.1 Å². The quantitative estimate of drug-likeness (QED) is 0.631. The lowest BCUT2D eigenvalue weighted by Gasteiger charge is -2.36. The Hall–Kier alpha value is -2.52. The van der Waals surface area contributed by atoms with Gasteiger partial charge >= 0.3 is 6.03 Å². The zero-order valence-electron chi connectivity index (χ0n) is 12.3. The van der Waals surface area contributed by atoms with Gasteiger partial charge in [-0.05, 0) is 17.7 Å². The molecule has 9 heteroatoms. The largest absolute Gasteiger partial charge is 0.325 e. The molecule has 4 rings (SSSR count). The lowest BCUT2D eigenvalue weighted by Crippen LogP contribution is -2.65. The van der Waals surface area contributed by atoms with Crippen LogP contribution in [0.5, 0.6) is 0 Å². The van der Waals surface area contributed by atoms with Crippen LogP contribution >= 0.6 is 0 Å². The number of nitrogens with zero attached hydrogens (tertiary/aromatic N) is 3. The number of nitrogens with one attached hydrogen (secondary N) is 3. The lowest BCUT2D eigenvalue weighted by atomic mass is 10.1. The molecule has 3 N–H and O–H groups in total. The molecule has 2 saturated heterocycles. The van der Waals surface area contributed by atoms with Crippen LogP contribution in [0.25, 0.3) is 0 Å². The molecule has 1 aromatic rings. The maximum Gasteiger partial charge on any atom is 0.325 e. The molecule has 120 valence electrons. The van der Waals surface area contributed by atoms with Gasteiger partial charge in [0.2, 0.25) is 5.91 Å². The highest BCUT2D eigenvalue weighted by Gasteiger charge is 2.52. The summed E-state index contributed by atoms with van der Waals surface area (Å²) in [6, 6.07) is 5.09. The van der Waals surface area contributed by atoms with Gasteiger partial charge in [0.25, 0.3) is 0 Å². The Morgan fingerprint density at radius 2 is 2.00 bits per heavy atom. The van der Waals surface area contributed by atoms with E-state index in [9.17, 15) is 14.0 Å². The van der Waals surface area contributed by atoms with Gasteiger partial charge in [0.1, 0.15) is 18.0 Å². The number of likely N-dealkylation sites (N-methyl/N-ethyl adjacent to an activating group) is 1. The Bertz CT molecular complexity index is 706. The van der Waals surface area contributed by atoms with Crippen molar-refractivity contribution in [1.82, 2.24) is 25.9 Å². The van der Waals surface area contributed by atoms with Crippen LogP contribution in [0, 0.1) is 5.82 Å². The number of fused-ring (bicyclic) bond motifs is 3. The van der Waals surface area contributed by atoms with E-state index in [1.54, 1.807) is 19.2 Å². The van der Waals surface area contributed by atoms with Crippen molar-refractivity contribution in [2.24, 2.45) is 5.10 Å². The minimum Gasteiger partial charge on any atom is -0.310 e. The second kappa shape index (κ2) is 5.00. The van der Waals surface area contributed by atoms with E-state index in [0.29, 0.717) is 12.3 Å². The molecule has 0 aliphatic carbocycles. The second-order valence-electron chi connectivity index (χ2n) is 5.73. The number of urea groups is 1. The van der Waals surface area contributed by atoms with E-state index in [4.69, 9.17) is 0 Å². The minimum atomic E-state index is -0.513. The number of hydrogen-bond acceptors (Lipinski definition) is 6. The summed E-state index contributed by atoms with van der Waals surface area (Å²) in [7, 11) is 1.63. The molecule has 0 radical (unpaired) electrons. The zero-order chi connectivity index (χ0) is 16.1. The summed E-state index contributed by atoms with van der Waals surface area (Å²) >= 11 is 0. The van der Waals surface area contributed by atoms with Gasteiger partial charge in [-0.3, -0.25) is 20.9 Å². The van der Waals surface area contributed by atoms with Gasteiger partial charge in [-0.25, -0.2) is 14.1 Å². The fourth-order valence-corrected chi connectivity index (χ4v) is 3.15. The Balaban J connectivity index is 1.61. The molecule has 3 heterocycles. The standard InChI is InChI=1S/C14H15FN6O2/c1-20-11-10(12(22)17-14(20)23)21-6-9(18-19-13(21)16-11)7-2-4-8(15)5-3-7/h2-5,10-11,13,16,19H,6H2,1H3,(H,17,22,23). The summed E-state index contributed by atoms with van der Waals surface area (Å²) in [5, 5.41) is 9.83. The number of hydrazone groups is 1. The third-order valence-electron chi connectivity index (χ3n) is 4.38. The smallest absolute Gasteiger partial charge is 0.310 e. The van der Waals surface area contributed by atoms with Crippen molar-refractivity contribution in [3.63, 3.8) is 0 Å². The monoisotopic (exact) mass is 318 g/mol. The van der Waals surface area contributed by atoms with E-state index in [0.717, 1.165) is 5.56 Å². The number of hydrogen-bond donors (Lipinski definition) is 3. The first kappa shape index (κ1) is 14.1. The molecule has 0 saturated carbocycles. The molecule has 3 amide bonds. The Labute approximate surface area is 131 Å². The van der Waals surface area contributed by atoms with Crippen LogP contribution in [-0.2, 0) is 4.79 Å². The number of imide groups is 1. The summed E-state index contributed by atoms with van der Waals surface area (Å²) < 4.78 is 13.1. The lowest BCUT2D eigenvalue weighted by molar-refractivity contribution is -0.127. The Morgan fingerprint density at radius 1 is 1.26 bits per heavy atom. The molecule has 23 heavy (non-hydrogen) atoms. The highest BCUT2D eigenvalue weighted by atomic mass is 19.1. The summed E-state index contributed by atoms with van der Waals surface area (Å²) in [5.41, 5.74) is 4.43. The number of amides is 3. The second-order valence-corrected chi connectivity index (χ2v) is 5.73. The van der Waals surface area contributed by atoms with Gasteiger partial charge in [0.15, 0.2) is 6.29 Å². The molecule has 0 spiro atoms. The number of carbonyl (C=O) groups is 2. The average molecular weight is 318 g/mol. The van der Waals surface area contributed by atoms with Crippen molar-refractivity contribution in [2.45, 2.75) is 18.5 Å². The molecule has 3 aliphatic heterocycles. The maximum atomic E-state index is 13.1. The molecule has 3 aliphatic rings. The van der Waals surface area contributed by atoms with Gasteiger partial charge in [0.05, 0.1) is 5.71 Å². The SMILES string of the molecule is CN1C(=O)NC(=O)C2C1NC1NN=C(c3ccc(F)cc3)CN12. The summed E-state index contributed by atoms with van der Waals surface area (Å²) in [6.45, 7) is 0.410. The molecule has 0 bridgehead atoms. The molecular formula is C14H15FN6O2. The third-order valence-corrected chi connectivity index (χ3v) is 4.38. The molecule has 2 fully saturated rings. The van der Waals surface area contributed by atoms with Crippen LogP contribution in [0.1, 0.15) is 5.56 Å². The predicted molar refractivity (Wildman–Crippen MR) is 78.6 cm³/mol. The van der Waals surface area contributed by atoms with Gasteiger partial charge < -0.3 is 4.90 Å². The van der Waals surface area contributed by atoms with Crippen molar-refractivity contribution in [3.05, 3.63) is 35.6 Å². The Kier molecular flexibility index (Phi) is 3.06. The van der Waals surface area contributed by atoms with Gasteiger partial charge in [-0.15, -0.1) is 0 Å². The molecule has 3 unspecified atom stereocenters. The predicted octanol–water partition coefficient (Wildman–Crippen LogP) is -0.802. The topological polar surface area (TPSA) is 89.1 Å². The summed E-state index contributed by atoms with van der Waals surface area (Å²) in [4.78, 5) is 27.3. The van der Waals surface area contributed by atoms with Crippen molar-refractivity contribution in [2.75, 3.05) is 13.6 Å². The molecular weight excluding hydrogens is 303 g/mol. The molecule has 3 atom stereocenters. The van der Waals surface area contributed by atoms with Crippen molar-refractivity contribution < 1.29 is 14.0 Å². The van der Waals surface area contributed by atoms with E-state index in [1.807, 2.05) is 4.90 Å². The highest BCUT2D eigenvalue weighted by Crippen LogP contribution is 2.24. The number of carbonyl (C=O) groups excluding carboxylic acids is 2. The minimum absolute atomic E-state index is 0.314. The average Bonchev–Trinajstić information content (AvgIpc) is 2.92. The fraction of sp³-hybridized carbons (Fsp3) is 0.357. The molecule has 0 aromatic heterocycles. The third kappa shape index (κ3) is 2.16. The van der Waals surface area contributed by atoms with E-state index in [2.05, 4.69) is 21.2 Å². The van der Waals surface area contributed by atoms with Crippen LogP contribution in [0.3, 0.4) is 0 Å².